The molecule has 2 aromatic heterocycles. The SMILES string of the molecule is N#CNC(=O)c1cc(-c2ccc(CC3=C(C(=O)O)N4C(=O)C(NC(=O)/C(=N/OCF)c5nsc(N)n5)C4SC3)cc2)c[nH]1. The predicted octanol–water partition coefficient (Wildman–Crippen LogP) is 0.955. The zero-order valence-corrected chi connectivity index (χ0v) is 23.4. The minimum absolute atomic E-state index is 0.0301. The highest BCUT2D eigenvalue weighted by molar-refractivity contribution is 8.00. The standard InChI is InChI=1S/C25H20FN9O6S2/c26-9-41-33-16(19-32-25(28)43-34-19)21(37)31-17-22(38)35-18(24(39)40)14(8-42-23(17)35)5-11-1-3-12(4-2-11)13-6-15(29-7-13)20(36)30-10-27/h1-4,6-7,17,23,29H,5,8-9H2,(H,30,36)(H,31,37)(H,39,40)(H2,28,32,34)/b33-16+. The van der Waals surface area contributed by atoms with E-state index in [1.54, 1.807) is 42.7 Å². The average molecular weight is 626 g/mol. The molecule has 18 heteroatoms. The van der Waals surface area contributed by atoms with Crippen LogP contribution in [0.4, 0.5) is 9.52 Å². The number of nitrogens with one attached hydrogen (secondary N) is 3. The molecular weight excluding hydrogens is 605 g/mol. The molecule has 0 aliphatic carbocycles. The molecule has 3 aromatic rings. The van der Waals surface area contributed by atoms with Crippen LogP contribution < -0.4 is 16.4 Å². The third-order valence-corrected chi connectivity index (χ3v) is 8.29. The number of nitrogens with zero attached hydrogens (tertiary/aromatic N) is 5. The maximum absolute atomic E-state index is 13.1. The molecule has 1 saturated heterocycles. The topological polar surface area (TPSA) is 229 Å². The molecule has 2 aliphatic rings. The van der Waals surface area contributed by atoms with Gasteiger partial charge in [-0.05, 0) is 34.8 Å². The van der Waals surface area contributed by atoms with Gasteiger partial charge in [-0.25, -0.2) is 9.18 Å². The van der Waals surface area contributed by atoms with Gasteiger partial charge in [0.25, 0.3) is 24.6 Å². The number of benzene rings is 1. The number of H-pyrrole nitrogens is 1. The van der Waals surface area contributed by atoms with Crippen molar-refractivity contribution in [2.45, 2.75) is 17.8 Å². The van der Waals surface area contributed by atoms with Gasteiger partial charge in [-0.1, -0.05) is 29.4 Å². The number of nitriles is 1. The summed E-state index contributed by atoms with van der Waals surface area (Å²) in [5, 5.41) is 25.9. The first-order valence-corrected chi connectivity index (χ1v) is 14.1. The lowest BCUT2D eigenvalue weighted by atomic mass is 9.97. The monoisotopic (exact) mass is 625 g/mol. The number of anilines is 1. The van der Waals surface area contributed by atoms with Crippen LogP contribution in [0.1, 0.15) is 21.9 Å². The van der Waals surface area contributed by atoms with Crippen LogP contribution >= 0.6 is 23.3 Å². The number of alkyl halides is 1. The van der Waals surface area contributed by atoms with Crippen LogP contribution in [-0.4, -0.2) is 77.8 Å². The summed E-state index contributed by atoms with van der Waals surface area (Å²) in [6.45, 7) is -1.32. The normalized spacial score (nSPS) is 17.9. The number of amides is 3. The van der Waals surface area contributed by atoms with E-state index in [2.05, 4.69) is 29.7 Å². The molecule has 43 heavy (non-hydrogen) atoms. The van der Waals surface area contributed by atoms with Gasteiger partial charge in [-0.3, -0.25) is 24.6 Å². The van der Waals surface area contributed by atoms with Crippen molar-refractivity contribution >= 4 is 57.8 Å². The fourth-order valence-corrected chi connectivity index (χ4v) is 6.29. The number of aromatic nitrogens is 3. The van der Waals surface area contributed by atoms with Gasteiger partial charge in [0.05, 0.1) is 0 Å². The van der Waals surface area contributed by atoms with E-state index in [-0.39, 0.29) is 34.5 Å². The number of carboxylic acids is 1. The second-order valence-electron chi connectivity index (χ2n) is 8.99. The van der Waals surface area contributed by atoms with E-state index in [0.29, 0.717) is 11.1 Å². The van der Waals surface area contributed by atoms with Gasteiger partial charge in [0, 0.05) is 23.5 Å². The molecule has 0 radical (unpaired) electrons. The van der Waals surface area contributed by atoms with E-state index < -0.39 is 47.7 Å². The molecule has 0 saturated carbocycles. The zero-order chi connectivity index (χ0) is 30.7. The van der Waals surface area contributed by atoms with E-state index in [1.165, 1.54) is 11.8 Å². The number of β-lactam (4-membered cyclic amide) rings is 1. The number of carbonyl (C=O) groups excluding carboxylic acids is 3. The van der Waals surface area contributed by atoms with E-state index in [4.69, 9.17) is 11.0 Å². The molecule has 2 aliphatic heterocycles. The number of hydrogen-bond donors (Lipinski definition) is 5. The number of oxime groups is 1. The maximum atomic E-state index is 13.1. The van der Waals surface area contributed by atoms with Crippen molar-refractivity contribution in [1.29, 1.82) is 5.26 Å². The van der Waals surface area contributed by atoms with Crippen molar-refractivity contribution in [3.05, 3.63) is 64.9 Å². The van der Waals surface area contributed by atoms with Crippen molar-refractivity contribution in [3.63, 3.8) is 0 Å². The molecule has 0 spiro atoms. The number of nitrogens with two attached hydrogens (primary N) is 1. The van der Waals surface area contributed by atoms with Gasteiger partial charge < -0.3 is 26.0 Å². The van der Waals surface area contributed by atoms with Crippen molar-refractivity contribution in [2.24, 2.45) is 5.16 Å². The highest BCUT2D eigenvalue weighted by Gasteiger charge is 2.54. The lowest BCUT2D eigenvalue weighted by Crippen LogP contribution is -2.71. The number of fused-ring (bicyclic) bond motifs is 1. The Labute approximate surface area is 249 Å². The molecule has 5 rings (SSSR count). The first kappa shape index (κ1) is 29.2. The number of carboxylic acid groups (broad SMARTS) is 1. The average Bonchev–Trinajstić information content (AvgIpc) is 3.66. The van der Waals surface area contributed by atoms with Gasteiger partial charge in [-0.2, -0.15) is 14.6 Å². The molecule has 1 aromatic carbocycles. The van der Waals surface area contributed by atoms with Crippen LogP contribution in [0.5, 0.6) is 0 Å². The molecule has 6 N–H and O–H groups in total. The lowest BCUT2D eigenvalue weighted by Gasteiger charge is -2.49. The smallest absolute Gasteiger partial charge is 0.352 e. The quantitative estimate of drug-likeness (QED) is 0.0700. The number of hydrogen-bond acceptors (Lipinski definition) is 12. The van der Waals surface area contributed by atoms with Gasteiger partial charge in [0.2, 0.25) is 11.5 Å². The summed E-state index contributed by atoms with van der Waals surface area (Å²) < 4.78 is 16.4. The summed E-state index contributed by atoms with van der Waals surface area (Å²) in [5.41, 5.74) is 7.93. The number of carbonyl (C=O) groups is 4. The second kappa shape index (κ2) is 12.3. The number of halogens is 1. The fraction of sp³-hybridized carbons (Fsp3) is 0.200. The summed E-state index contributed by atoms with van der Waals surface area (Å²) >= 11 is 2.06. The Bertz CT molecular complexity index is 1710. The molecular formula is C25H20FN9O6S2. The van der Waals surface area contributed by atoms with Crippen LogP contribution in [0, 0.1) is 11.5 Å². The number of aromatic amines is 1. The fourth-order valence-electron chi connectivity index (χ4n) is 4.50. The Hall–Kier alpha value is -5.28. The lowest BCUT2D eigenvalue weighted by molar-refractivity contribution is -0.150. The third kappa shape index (κ3) is 5.89. The Morgan fingerprint density at radius 1 is 1.30 bits per heavy atom. The van der Waals surface area contributed by atoms with Crippen molar-refractivity contribution in [1.82, 2.24) is 29.9 Å². The molecule has 220 valence electrons. The second-order valence-corrected chi connectivity index (χ2v) is 10.9. The van der Waals surface area contributed by atoms with Crippen LogP contribution in [0.3, 0.4) is 0 Å². The molecule has 2 unspecified atom stereocenters. The van der Waals surface area contributed by atoms with Crippen LogP contribution in [-0.2, 0) is 25.6 Å². The zero-order valence-electron chi connectivity index (χ0n) is 21.7. The van der Waals surface area contributed by atoms with Gasteiger partial charge >= 0.3 is 5.97 Å². The van der Waals surface area contributed by atoms with Gasteiger partial charge in [0.1, 0.15) is 22.8 Å². The molecule has 1 fully saturated rings. The predicted molar refractivity (Wildman–Crippen MR) is 151 cm³/mol. The summed E-state index contributed by atoms with van der Waals surface area (Å²) in [6.07, 6.45) is 3.45. The van der Waals surface area contributed by atoms with Crippen molar-refractivity contribution in [2.75, 3.05) is 18.3 Å². The Morgan fingerprint density at radius 2 is 2.07 bits per heavy atom. The molecule has 0 bridgehead atoms. The van der Waals surface area contributed by atoms with Gasteiger partial charge in [-0.15, -0.1) is 11.8 Å². The number of thioether (sulfide) groups is 1. The Kier molecular flexibility index (Phi) is 8.36. The highest BCUT2D eigenvalue weighted by Crippen LogP contribution is 2.41. The molecule has 2 atom stereocenters. The molecule has 4 heterocycles. The number of rotatable bonds is 10. The van der Waals surface area contributed by atoms with Crippen molar-refractivity contribution < 1.29 is 33.5 Å². The highest BCUT2D eigenvalue weighted by atomic mass is 32.2. The Balaban J connectivity index is 1.29. The minimum atomic E-state index is -1.32. The largest absolute Gasteiger partial charge is 0.477 e. The van der Waals surface area contributed by atoms with Crippen molar-refractivity contribution in [3.8, 4) is 17.3 Å². The minimum Gasteiger partial charge on any atom is -0.477 e. The first-order chi connectivity index (χ1) is 20.7. The van der Waals surface area contributed by atoms with E-state index in [0.717, 1.165) is 27.6 Å². The number of aliphatic carboxylic acids is 1. The Morgan fingerprint density at radius 3 is 2.72 bits per heavy atom. The van der Waals surface area contributed by atoms with E-state index in [9.17, 15) is 28.7 Å². The number of nitrogen functional groups attached to an aromatic ring is 1. The summed E-state index contributed by atoms with van der Waals surface area (Å²) in [7, 11) is 0. The maximum Gasteiger partial charge on any atom is 0.352 e. The van der Waals surface area contributed by atoms with Crippen LogP contribution in [0.2, 0.25) is 0 Å². The first-order valence-electron chi connectivity index (χ1n) is 12.2. The van der Waals surface area contributed by atoms with Gasteiger partial charge in [0.15, 0.2) is 11.3 Å². The van der Waals surface area contributed by atoms with E-state index >= 15 is 0 Å². The van der Waals surface area contributed by atoms with Crippen LogP contribution in [0.15, 0.2) is 53.0 Å². The third-order valence-electron chi connectivity index (χ3n) is 6.41. The van der Waals surface area contributed by atoms with Crippen LogP contribution in [0.25, 0.3) is 11.1 Å². The van der Waals surface area contributed by atoms with E-state index in [1.807, 2.05) is 5.32 Å². The summed E-state index contributed by atoms with van der Waals surface area (Å²) in [6, 6.07) is 7.74. The molecule has 3 amide bonds. The molecule has 15 nitrogen and oxygen atoms in total. The summed E-state index contributed by atoms with van der Waals surface area (Å²) in [4.78, 5) is 62.2. The summed E-state index contributed by atoms with van der Waals surface area (Å²) in [5.74, 6) is -3.35.